The summed E-state index contributed by atoms with van der Waals surface area (Å²) in [6.45, 7) is -0.380. The van der Waals surface area contributed by atoms with E-state index in [1.165, 1.54) is 0 Å². The van der Waals surface area contributed by atoms with Crippen LogP contribution >= 0.6 is 34.8 Å². The molecule has 2 heterocycles. The van der Waals surface area contributed by atoms with Crippen molar-refractivity contribution in [3.8, 4) is 17.0 Å². The second kappa shape index (κ2) is 7.57. The lowest BCUT2D eigenvalue weighted by atomic mass is 10.1. The monoisotopic (exact) mass is 414 g/mol. The van der Waals surface area contributed by atoms with Gasteiger partial charge in [0, 0.05) is 5.56 Å². The highest BCUT2D eigenvalue weighted by Gasteiger charge is 2.22. The summed E-state index contributed by atoms with van der Waals surface area (Å²) in [6, 6.07) is 11.1. The zero-order valence-corrected chi connectivity index (χ0v) is 15.7. The number of carbonyl (C=O) groups is 1. The number of rotatable bonds is 4. The Morgan fingerprint density at radius 1 is 1.27 bits per heavy atom. The molecule has 7 nitrogen and oxygen atoms in total. The van der Waals surface area contributed by atoms with Gasteiger partial charge in [-0.3, -0.25) is 5.32 Å². The van der Waals surface area contributed by atoms with Crippen LogP contribution in [0.5, 0.6) is 5.75 Å². The van der Waals surface area contributed by atoms with Crippen LogP contribution in [0.2, 0.25) is 0 Å². The van der Waals surface area contributed by atoms with Crippen LogP contribution in [0.25, 0.3) is 16.9 Å². The Hall–Kier alpha value is -2.22. The number of halogens is 3. The number of hydrogen-bond donors (Lipinski definition) is 1. The Kier molecular flexibility index (Phi) is 5.41. The Morgan fingerprint density at radius 3 is 2.81 bits per heavy atom. The molecule has 0 aliphatic rings. The smallest absolute Gasteiger partial charge is 0.412 e. The van der Waals surface area contributed by atoms with Gasteiger partial charge in [0.15, 0.2) is 11.5 Å². The summed E-state index contributed by atoms with van der Waals surface area (Å²) in [4.78, 5) is 15.9. The number of anilines is 1. The van der Waals surface area contributed by atoms with Crippen molar-refractivity contribution >= 4 is 52.4 Å². The number of carbonyl (C=O) groups excluding carboxylic acids is 1. The van der Waals surface area contributed by atoms with Gasteiger partial charge >= 0.3 is 6.09 Å². The number of ether oxygens (including phenoxy) is 2. The average molecular weight is 416 g/mol. The molecular formula is C16H13Cl3N4O3. The third kappa shape index (κ3) is 4.69. The van der Waals surface area contributed by atoms with Gasteiger partial charge in [-0.15, -0.1) is 0 Å². The lowest BCUT2D eigenvalue weighted by Gasteiger charge is -2.10. The predicted molar refractivity (Wildman–Crippen MR) is 100 cm³/mol. The summed E-state index contributed by atoms with van der Waals surface area (Å²) in [5.41, 5.74) is 2.16. The fraction of sp³-hybridized carbons (Fsp3) is 0.188. The van der Waals surface area contributed by atoms with Gasteiger partial charge in [-0.25, -0.2) is 14.3 Å². The maximum atomic E-state index is 11.7. The van der Waals surface area contributed by atoms with E-state index in [0.29, 0.717) is 5.65 Å². The molecule has 0 aliphatic carbocycles. The molecule has 0 unspecified atom stereocenters. The molecule has 3 aromatic rings. The summed E-state index contributed by atoms with van der Waals surface area (Å²) in [6.07, 6.45) is 0.767. The molecule has 0 aliphatic heterocycles. The van der Waals surface area contributed by atoms with E-state index in [0.717, 1.165) is 17.0 Å². The molecule has 0 saturated carbocycles. The molecular weight excluding hydrogens is 403 g/mol. The van der Waals surface area contributed by atoms with E-state index >= 15 is 0 Å². The fourth-order valence-corrected chi connectivity index (χ4v) is 2.33. The van der Waals surface area contributed by atoms with Gasteiger partial charge < -0.3 is 9.47 Å². The summed E-state index contributed by atoms with van der Waals surface area (Å²) < 4.78 is 9.88. The van der Waals surface area contributed by atoms with Crippen molar-refractivity contribution in [2.45, 2.75) is 3.79 Å². The van der Waals surface area contributed by atoms with Crippen LogP contribution in [-0.4, -0.2) is 38.2 Å². The van der Waals surface area contributed by atoms with Crippen LogP contribution in [0.4, 0.5) is 10.6 Å². The van der Waals surface area contributed by atoms with E-state index in [1.54, 1.807) is 23.9 Å². The first-order valence-electron chi connectivity index (χ1n) is 7.35. The minimum absolute atomic E-state index is 0.259. The van der Waals surface area contributed by atoms with Crippen LogP contribution in [0.1, 0.15) is 0 Å². The van der Waals surface area contributed by atoms with Crippen molar-refractivity contribution < 1.29 is 14.3 Å². The highest BCUT2D eigenvalue weighted by Crippen LogP contribution is 2.26. The topological polar surface area (TPSA) is 77.8 Å². The number of aromatic nitrogens is 3. The van der Waals surface area contributed by atoms with Gasteiger partial charge in [0.1, 0.15) is 12.4 Å². The fourth-order valence-electron chi connectivity index (χ4n) is 2.17. The number of imidazole rings is 1. The van der Waals surface area contributed by atoms with E-state index in [9.17, 15) is 4.79 Å². The lowest BCUT2D eigenvalue weighted by Crippen LogP contribution is -2.21. The number of nitrogens with zero attached hydrogens (tertiary/aromatic N) is 3. The number of amides is 1. The molecule has 1 amide bonds. The normalized spacial score (nSPS) is 11.4. The van der Waals surface area contributed by atoms with Crippen LogP contribution in [-0.2, 0) is 4.74 Å². The molecule has 0 atom stereocenters. The van der Waals surface area contributed by atoms with Crippen molar-refractivity contribution in [3.05, 3.63) is 42.6 Å². The summed E-state index contributed by atoms with van der Waals surface area (Å²) >= 11 is 16.6. The number of benzene rings is 1. The van der Waals surface area contributed by atoms with Gasteiger partial charge in [0.2, 0.25) is 3.79 Å². The molecule has 10 heteroatoms. The molecule has 2 aromatic heterocycles. The van der Waals surface area contributed by atoms with Gasteiger partial charge in [0.05, 0.1) is 19.0 Å². The second-order valence-electron chi connectivity index (χ2n) is 5.20. The minimum Gasteiger partial charge on any atom is -0.497 e. The van der Waals surface area contributed by atoms with Crippen LogP contribution in [0.3, 0.4) is 0 Å². The first kappa shape index (κ1) is 18.6. The molecule has 0 saturated heterocycles. The zero-order valence-electron chi connectivity index (χ0n) is 13.4. The molecule has 3 rings (SSSR count). The zero-order chi connectivity index (χ0) is 18.7. The van der Waals surface area contributed by atoms with E-state index in [2.05, 4.69) is 15.4 Å². The van der Waals surface area contributed by atoms with E-state index in [1.807, 2.05) is 30.3 Å². The molecule has 1 aromatic carbocycles. The lowest BCUT2D eigenvalue weighted by molar-refractivity contribution is 0.164. The van der Waals surface area contributed by atoms with Gasteiger partial charge in [-0.05, 0) is 24.3 Å². The number of alkyl halides is 3. The van der Waals surface area contributed by atoms with Gasteiger partial charge in [-0.1, -0.05) is 46.9 Å². The predicted octanol–water partition coefficient (Wildman–Crippen LogP) is 4.32. The van der Waals surface area contributed by atoms with Gasteiger partial charge in [0.25, 0.3) is 0 Å². The molecule has 0 fully saturated rings. The van der Waals surface area contributed by atoms with Gasteiger partial charge in [-0.2, -0.15) is 5.10 Å². The third-order valence-electron chi connectivity index (χ3n) is 3.28. The molecule has 0 radical (unpaired) electrons. The van der Waals surface area contributed by atoms with Crippen molar-refractivity contribution in [2.75, 3.05) is 19.0 Å². The van der Waals surface area contributed by atoms with E-state index in [-0.39, 0.29) is 12.4 Å². The molecule has 26 heavy (non-hydrogen) atoms. The Bertz CT molecular complexity index is 940. The van der Waals surface area contributed by atoms with Crippen molar-refractivity contribution in [1.82, 2.24) is 14.6 Å². The number of fused-ring (bicyclic) bond motifs is 1. The minimum atomic E-state index is -1.68. The van der Waals surface area contributed by atoms with Crippen LogP contribution in [0, 0.1) is 0 Å². The number of hydrogen-bond acceptors (Lipinski definition) is 5. The molecule has 136 valence electrons. The van der Waals surface area contributed by atoms with Crippen molar-refractivity contribution in [2.24, 2.45) is 0 Å². The first-order valence-corrected chi connectivity index (χ1v) is 8.49. The molecule has 0 bridgehead atoms. The average Bonchev–Trinajstić information content (AvgIpc) is 3.00. The summed E-state index contributed by atoms with van der Waals surface area (Å²) in [7, 11) is 1.60. The Balaban J connectivity index is 1.78. The number of methoxy groups -OCH3 is 1. The Morgan fingerprint density at radius 2 is 2.08 bits per heavy atom. The van der Waals surface area contributed by atoms with Crippen molar-refractivity contribution in [1.29, 1.82) is 0 Å². The van der Waals surface area contributed by atoms with Crippen LogP contribution < -0.4 is 10.1 Å². The number of nitrogens with one attached hydrogen (secondary N) is 1. The highest BCUT2D eigenvalue weighted by molar-refractivity contribution is 6.67. The maximum Gasteiger partial charge on any atom is 0.412 e. The quantitative estimate of drug-likeness (QED) is 0.642. The van der Waals surface area contributed by atoms with E-state index < -0.39 is 9.89 Å². The Labute approximate surface area is 163 Å². The standard InChI is InChI=1S/C16H13Cl3N4O3/c1-25-11-4-2-3-10(7-11)12-5-6-14-20-13(8-23(14)22-12)21-15(24)26-9-16(17,18)19/h2-8H,9H2,1H3,(H,21,24). The summed E-state index contributed by atoms with van der Waals surface area (Å²) in [5.74, 6) is 0.990. The van der Waals surface area contributed by atoms with Crippen molar-refractivity contribution in [3.63, 3.8) is 0 Å². The molecule has 0 spiro atoms. The van der Waals surface area contributed by atoms with Crippen LogP contribution in [0.15, 0.2) is 42.6 Å². The maximum absolute atomic E-state index is 11.7. The molecule has 1 N–H and O–H groups in total. The summed E-state index contributed by atoms with van der Waals surface area (Å²) in [5, 5.41) is 6.93. The third-order valence-corrected chi connectivity index (χ3v) is 3.61. The largest absolute Gasteiger partial charge is 0.497 e. The highest BCUT2D eigenvalue weighted by atomic mass is 35.6. The first-order chi connectivity index (χ1) is 12.3. The second-order valence-corrected chi connectivity index (χ2v) is 7.71. The SMILES string of the molecule is COc1cccc(-c2ccc3nc(NC(=O)OCC(Cl)(Cl)Cl)cn3n2)c1. The van der Waals surface area contributed by atoms with E-state index in [4.69, 9.17) is 44.3 Å².